The highest BCUT2D eigenvalue weighted by Crippen LogP contribution is 2.50. The molecule has 0 spiro atoms. The third-order valence-corrected chi connectivity index (χ3v) is 9.77. The number of hydrogen-bond acceptors (Lipinski definition) is 6. The van der Waals surface area contributed by atoms with Crippen LogP contribution in [-0.2, 0) is 9.53 Å². The molecule has 0 aromatic heterocycles. The van der Waals surface area contributed by atoms with E-state index in [-0.39, 0.29) is 35.9 Å². The van der Waals surface area contributed by atoms with Crippen LogP contribution in [-0.4, -0.2) is 75.6 Å². The van der Waals surface area contributed by atoms with Crippen LogP contribution >= 0.6 is 0 Å². The first-order valence-electron chi connectivity index (χ1n) is 15.2. The molecule has 3 heterocycles. The number of fused-ring (bicyclic) bond motifs is 3. The fourth-order valence-electron chi connectivity index (χ4n) is 7.93. The van der Waals surface area contributed by atoms with Crippen LogP contribution in [0.1, 0.15) is 77.3 Å². The minimum atomic E-state index is -0.654. The van der Waals surface area contributed by atoms with Gasteiger partial charge in [0.1, 0.15) is 17.5 Å². The van der Waals surface area contributed by atoms with Gasteiger partial charge in [-0.25, -0.2) is 9.18 Å². The van der Waals surface area contributed by atoms with Gasteiger partial charge in [-0.1, -0.05) is 31.6 Å². The number of halogens is 1. The van der Waals surface area contributed by atoms with Gasteiger partial charge in [0.05, 0.1) is 24.2 Å². The van der Waals surface area contributed by atoms with E-state index in [1.807, 2.05) is 32.9 Å². The van der Waals surface area contributed by atoms with Crippen LogP contribution in [0.15, 0.2) is 36.5 Å². The first kappa shape index (κ1) is 28.0. The molecule has 9 heteroatoms. The van der Waals surface area contributed by atoms with Gasteiger partial charge < -0.3 is 19.9 Å². The van der Waals surface area contributed by atoms with Gasteiger partial charge in [-0.3, -0.25) is 9.69 Å². The molecule has 1 aromatic rings. The molecule has 0 radical (unpaired) electrons. The molecule has 2 bridgehead atoms. The van der Waals surface area contributed by atoms with E-state index in [0.29, 0.717) is 31.0 Å². The third-order valence-electron chi connectivity index (χ3n) is 9.77. The number of likely N-dealkylation sites (tertiary alicyclic amines) is 3. The van der Waals surface area contributed by atoms with Crippen molar-refractivity contribution in [3.8, 4) is 6.07 Å². The predicted molar refractivity (Wildman–Crippen MR) is 152 cm³/mol. The Kier molecular flexibility index (Phi) is 7.25. The first-order chi connectivity index (χ1) is 19.5. The van der Waals surface area contributed by atoms with Crippen LogP contribution in [0.4, 0.5) is 9.18 Å². The maximum atomic E-state index is 14.0. The van der Waals surface area contributed by atoms with Crippen LogP contribution in [0.5, 0.6) is 0 Å². The number of alkyl carbamates (subject to hydrolysis) is 1. The smallest absolute Gasteiger partial charge is 0.408 e. The van der Waals surface area contributed by atoms with Gasteiger partial charge in [-0.15, -0.1) is 0 Å². The van der Waals surface area contributed by atoms with Crippen molar-refractivity contribution in [3.05, 3.63) is 47.9 Å². The monoisotopic (exact) mass is 563 g/mol. The van der Waals surface area contributed by atoms with Gasteiger partial charge in [-0.2, -0.15) is 5.26 Å². The van der Waals surface area contributed by atoms with Gasteiger partial charge in [0.15, 0.2) is 0 Å². The number of piperidine rings is 1. The largest absolute Gasteiger partial charge is 0.444 e. The summed E-state index contributed by atoms with van der Waals surface area (Å²) in [5.74, 6) is 0.735. The summed E-state index contributed by atoms with van der Waals surface area (Å²) in [6.45, 7) is 11.0. The van der Waals surface area contributed by atoms with Crippen molar-refractivity contribution in [2.75, 3.05) is 13.1 Å². The molecule has 6 unspecified atom stereocenters. The van der Waals surface area contributed by atoms with Gasteiger partial charge in [-0.05, 0) is 82.4 Å². The number of rotatable bonds is 8. The van der Waals surface area contributed by atoms with Gasteiger partial charge >= 0.3 is 6.09 Å². The lowest BCUT2D eigenvalue weighted by atomic mass is 9.89. The molecule has 220 valence electrons. The Morgan fingerprint density at radius 3 is 2.54 bits per heavy atom. The van der Waals surface area contributed by atoms with Gasteiger partial charge in [0, 0.05) is 30.9 Å². The summed E-state index contributed by atoms with van der Waals surface area (Å²) in [4.78, 5) is 33.3. The molecule has 2 aliphatic carbocycles. The SMILES string of the molecule is C=C(C(CN1C[C@@H]2CC1C(=O)N2C(c1ccc(F)cc1)C1CCCC1)NC(=O)OC(C)(C)C)N1C(C#N)CC2CC21. The summed E-state index contributed by atoms with van der Waals surface area (Å²) in [7, 11) is 0. The molecule has 8 nitrogen and oxygen atoms in total. The van der Waals surface area contributed by atoms with E-state index in [1.54, 1.807) is 0 Å². The zero-order valence-electron chi connectivity index (χ0n) is 24.4. The van der Waals surface area contributed by atoms with E-state index in [4.69, 9.17) is 4.74 Å². The molecule has 3 saturated heterocycles. The van der Waals surface area contributed by atoms with Crippen molar-refractivity contribution in [1.29, 1.82) is 5.26 Å². The Hall–Kier alpha value is -3.12. The number of hydrogen-bond donors (Lipinski definition) is 1. The second-order valence-electron chi connectivity index (χ2n) is 13.7. The van der Waals surface area contributed by atoms with E-state index in [9.17, 15) is 19.2 Å². The first-order valence-corrected chi connectivity index (χ1v) is 15.2. The second-order valence-corrected chi connectivity index (χ2v) is 13.7. The van der Waals surface area contributed by atoms with Gasteiger partial charge in [0.2, 0.25) is 5.91 Å². The Labute approximate surface area is 242 Å². The van der Waals surface area contributed by atoms with Gasteiger partial charge in [0.25, 0.3) is 0 Å². The Morgan fingerprint density at radius 1 is 1.20 bits per heavy atom. The summed E-state index contributed by atoms with van der Waals surface area (Å²) in [6, 6.07) is 8.40. The molecule has 7 atom stereocenters. The quantitative estimate of drug-likeness (QED) is 0.492. The highest BCUT2D eigenvalue weighted by molar-refractivity contribution is 5.86. The number of carbonyl (C=O) groups excluding carboxylic acids is 2. The maximum Gasteiger partial charge on any atom is 0.408 e. The van der Waals surface area contributed by atoms with E-state index < -0.39 is 17.7 Å². The molecular weight excluding hydrogens is 521 g/mol. The van der Waals surface area contributed by atoms with Crippen LogP contribution < -0.4 is 5.32 Å². The number of nitriles is 1. The maximum absolute atomic E-state index is 14.0. The Balaban J connectivity index is 1.21. The molecular formula is C32H42FN5O3. The second kappa shape index (κ2) is 10.6. The predicted octanol–water partition coefficient (Wildman–Crippen LogP) is 4.74. The highest BCUT2D eigenvalue weighted by Gasteiger charge is 2.56. The minimum Gasteiger partial charge on any atom is -0.444 e. The van der Waals surface area contributed by atoms with Crippen LogP contribution in [0.2, 0.25) is 0 Å². The summed E-state index contributed by atoms with van der Waals surface area (Å²) in [5, 5.41) is 12.8. The average Bonchev–Trinajstić information content (AvgIpc) is 3.34. The van der Waals surface area contributed by atoms with E-state index in [0.717, 1.165) is 56.2 Å². The summed E-state index contributed by atoms with van der Waals surface area (Å²) in [6.07, 6.45) is 6.55. The minimum absolute atomic E-state index is 0.0406. The number of piperazine rings is 1. The number of nitrogens with one attached hydrogen (secondary N) is 1. The lowest BCUT2D eigenvalue weighted by Gasteiger charge is -2.43. The third kappa shape index (κ3) is 5.43. The van der Waals surface area contributed by atoms with Crippen molar-refractivity contribution in [3.63, 3.8) is 0 Å². The number of benzene rings is 1. The van der Waals surface area contributed by atoms with Crippen molar-refractivity contribution in [2.24, 2.45) is 11.8 Å². The molecule has 5 aliphatic rings. The number of nitrogens with zero attached hydrogens (tertiary/aromatic N) is 4. The molecule has 2 amide bonds. The molecule has 5 fully saturated rings. The topological polar surface area (TPSA) is 88.9 Å². The Morgan fingerprint density at radius 2 is 1.90 bits per heavy atom. The molecule has 3 aliphatic heterocycles. The number of ether oxygens (including phenoxy) is 1. The summed E-state index contributed by atoms with van der Waals surface area (Å²) < 4.78 is 19.4. The normalized spacial score (nSPS) is 30.7. The van der Waals surface area contributed by atoms with Crippen molar-refractivity contribution >= 4 is 12.0 Å². The number of carbonyl (C=O) groups is 2. The van der Waals surface area contributed by atoms with E-state index in [1.165, 1.54) is 12.1 Å². The standard InChI is InChI=1S/C32H42FN5O3/c1-19(37-24(16-34)13-22-14-27(22)37)26(35-31(40)41-32(2,3)4)18-36-17-25-15-28(36)30(39)38(25)29(20-7-5-6-8-20)21-9-11-23(33)12-10-21/h9-12,20,22,24-29H,1,5-8,13-15,17-18H2,2-4H3,(H,35,40)/t22?,24?,25-,26?,27?,28?,29?/m0/s1. The van der Waals surface area contributed by atoms with Crippen molar-refractivity contribution < 1.29 is 18.7 Å². The average molecular weight is 564 g/mol. The van der Waals surface area contributed by atoms with Crippen molar-refractivity contribution in [2.45, 2.75) is 108 Å². The highest BCUT2D eigenvalue weighted by atomic mass is 19.1. The van der Waals surface area contributed by atoms with Crippen LogP contribution in [0, 0.1) is 29.0 Å². The molecule has 41 heavy (non-hydrogen) atoms. The molecule has 2 saturated carbocycles. The van der Waals surface area contributed by atoms with Crippen LogP contribution in [0.25, 0.3) is 0 Å². The summed E-state index contributed by atoms with van der Waals surface area (Å²) in [5.41, 5.74) is 1.08. The lowest BCUT2D eigenvalue weighted by Crippen LogP contribution is -2.57. The molecule has 6 rings (SSSR count). The lowest BCUT2D eigenvalue weighted by molar-refractivity contribution is -0.140. The zero-order valence-corrected chi connectivity index (χ0v) is 24.4. The molecule has 1 N–H and O–H groups in total. The van der Waals surface area contributed by atoms with Crippen molar-refractivity contribution in [1.82, 2.24) is 20.0 Å². The fraction of sp³-hybridized carbons (Fsp3) is 0.656. The van der Waals surface area contributed by atoms with Crippen LogP contribution in [0.3, 0.4) is 0 Å². The number of amides is 2. The Bertz CT molecular complexity index is 1230. The fourth-order valence-corrected chi connectivity index (χ4v) is 7.93. The zero-order chi connectivity index (χ0) is 29.1. The van der Waals surface area contributed by atoms with E-state index >= 15 is 0 Å². The molecule has 1 aromatic carbocycles. The van der Waals surface area contributed by atoms with E-state index in [2.05, 4.69) is 32.7 Å². The summed E-state index contributed by atoms with van der Waals surface area (Å²) >= 11 is 0.